The molecule has 0 spiro atoms. The second kappa shape index (κ2) is 6.51. The van der Waals surface area contributed by atoms with Crippen LogP contribution in [0.1, 0.15) is 29.5 Å². The zero-order valence-electron chi connectivity index (χ0n) is 12.1. The molecule has 3 nitrogen and oxygen atoms in total. The van der Waals surface area contributed by atoms with Gasteiger partial charge in [0.25, 0.3) is 0 Å². The van der Waals surface area contributed by atoms with Gasteiger partial charge >= 0.3 is 0 Å². The van der Waals surface area contributed by atoms with E-state index in [2.05, 4.69) is 36.9 Å². The van der Waals surface area contributed by atoms with Gasteiger partial charge in [-0.05, 0) is 55.8 Å². The average molecular weight is 262 g/mol. The topological polar surface area (TPSA) is 49.5 Å². The molecular formula is C16H26N2O. The summed E-state index contributed by atoms with van der Waals surface area (Å²) in [5, 5.41) is 9.19. The van der Waals surface area contributed by atoms with Crippen molar-refractivity contribution in [3.63, 3.8) is 0 Å². The summed E-state index contributed by atoms with van der Waals surface area (Å²) in [7, 11) is 0. The van der Waals surface area contributed by atoms with Crippen LogP contribution in [-0.4, -0.2) is 35.7 Å². The Morgan fingerprint density at radius 2 is 2.16 bits per heavy atom. The molecule has 1 aromatic rings. The first-order valence-electron chi connectivity index (χ1n) is 7.25. The maximum Gasteiger partial charge on any atom is 0.0585 e. The molecule has 0 radical (unpaired) electrons. The summed E-state index contributed by atoms with van der Waals surface area (Å²) in [5.41, 5.74) is 10.1. The number of aryl methyl sites for hydroxylation is 2. The van der Waals surface area contributed by atoms with Gasteiger partial charge in [-0.1, -0.05) is 18.2 Å². The molecule has 3 N–H and O–H groups in total. The van der Waals surface area contributed by atoms with Gasteiger partial charge in [0, 0.05) is 19.1 Å². The van der Waals surface area contributed by atoms with Crippen LogP contribution in [0, 0.1) is 19.8 Å². The van der Waals surface area contributed by atoms with Crippen LogP contribution in [0.15, 0.2) is 18.2 Å². The predicted molar refractivity (Wildman–Crippen MR) is 79.0 cm³/mol. The lowest BCUT2D eigenvalue weighted by Crippen LogP contribution is -2.44. The number of benzene rings is 1. The van der Waals surface area contributed by atoms with Gasteiger partial charge in [0.05, 0.1) is 6.61 Å². The van der Waals surface area contributed by atoms with Gasteiger partial charge in [-0.2, -0.15) is 0 Å². The van der Waals surface area contributed by atoms with E-state index in [1.54, 1.807) is 0 Å². The van der Waals surface area contributed by atoms with Gasteiger partial charge in [0.1, 0.15) is 0 Å². The van der Waals surface area contributed by atoms with Crippen molar-refractivity contribution in [3.8, 4) is 0 Å². The molecule has 2 atom stereocenters. The standard InChI is InChI=1S/C16H26N2O/c1-12-5-6-14(8-13(12)2)9-18-7-3-4-15(10-18)16(17)11-19/h5-6,8,15-16,19H,3-4,7,9-11,17H2,1-2H3. The predicted octanol–water partition coefficient (Wildman–Crippen LogP) is 1.84. The number of piperidine rings is 1. The summed E-state index contributed by atoms with van der Waals surface area (Å²) in [6, 6.07) is 6.64. The fraction of sp³-hybridized carbons (Fsp3) is 0.625. The molecule has 2 rings (SSSR count). The summed E-state index contributed by atoms with van der Waals surface area (Å²) < 4.78 is 0. The Hall–Kier alpha value is -0.900. The Morgan fingerprint density at radius 1 is 1.37 bits per heavy atom. The highest BCUT2D eigenvalue weighted by Crippen LogP contribution is 2.21. The van der Waals surface area contributed by atoms with Gasteiger partial charge in [-0.3, -0.25) is 4.90 Å². The lowest BCUT2D eigenvalue weighted by Gasteiger charge is -2.35. The summed E-state index contributed by atoms with van der Waals surface area (Å²) in [5.74, 6) is 0.435. The number of rotatable bonds is 4. The van der Waals surface area contributed by atoms with E-state index in [1.807, 2.05) is 0 Å². The molecule has 19 heavy (non-hydrogen) atoms. The maximum absolute atomic E-state index is 9.19. The maximum atomic E-state index is 9.19. The van der Waals surface area contributed by atoms with Gasteiger partial charge in [0.15, 0.2) is 0 Å². The molecule has 1 saturated heterocycles. The Morgan fingerprint density at radius 3 is 2.84 bits per heavy atom. The fourth-order valence-corrected chi connectivity index (χ4v) is 2.89. The zero-order chi connectivity index (χ0) is 13.8. The molecule has 1 aliphatic rings. The summed E-state index contributed by atoms with van der Waals surface area (Å²) in [4.78, 5) is 2.47. The molecule has 1 fully saturated rings. The second-order valence-electron chi connectivity index (χ2n) is 5.90. The molecule has 1 heterocycles. The van der Waals surface area contributed by atoms with Crippen LogP contribution < -0.4 is 5.73 Å². The van der Waals surface area contributed by atoms with Crippen molar-refractivity contribution >= 4 is 0 Å². The minimum absolute atomic E-state index is 0.0671. The third-order valence-electron chi connectivity index (χ3n) is 4.34. The molecule has 0 bridgehead atoms. The zero-order valence-corrected chi connectivity index (χ0v) is 12.1. The monoisotopic (exact) mass is 262 g/mol. The van der Waals surface area contributed by atoms with Crippen LogP contribution >= 0.6 is 0 Å². The smallest absolute Gasteiger partial charge is 0.0585 e. The van der Waals surface area contributed by atoms with Crippen molar-refractivity contribution < 1.29 is 5.11 Å². The minimum atomic E-state index is -0.0671. The average Bonchev–Trinajstić information content (AvgIpc) is 2.42. The Labute approximate surface area is 116 Å². The van der Waals surface area contributed by atoms with E-state index in [0.29, 0.717) is 5.92 Å². The van der Waals surface area contributed by atoms with Crippen LogP contribution in [0.4, 0.5) is 0 Å². The van der Waals surface area contributed by atoms with Crippen molar-refractivity contribution in [2.45, 2.75) is 39.3 Å². The molecule has 0 amide bonds. The van der Waals surface area contributed by atoms with Crippen LogP contribution in [0.2, 0.25) is 0 Å². The lowest BCUT2D eigenvalue weighted by molar-refractivity contribution is 0.125. The van der Waals surface area contributed by atoms with E-state index in [-0.39, 0.29) is 12.6 Å². The Bertz CT molecular complexity index is 419. The van der Waals surface area contributed by atoms with E-state index in [4.69, 9.17) is 5.73 Å². The van der Waals surface area contributed by atoms with Gasteiger partial charge in [0.2, 0.25) is 0 Å². The number of aliphatic hydroxyl groups is 1. The molecule has 1 aromatic carbocycles. The van der Waals surface area contributed by atoms with E-state index in [1.165, 1.54) is 23.1 Å². The molecule has 0 saturated carbocycles. The summed E-state index contributed by atoms with van der Waals surface area (Å²) in [6.45, 7) is 7.56. The van der Waals surface area contributed by atoms with E-state index in [9.17, 15) is 5.11 Å². The minimum Gasteiger partial charge on any atom is -0.395 e. The Kier molecular flexibility index (Phi) is 4.97. The molecule has 3 heteroatoms. The van der Waals surface area contributed by atoms with Crippen molar-refractivity contribution in [2.75, 3.05) is 19.7 Å². The SMILES string of the molecule is Cc1ccc(CN2CCCC(C(N)CO)C2)cc1C. The van der Waals surface area contributed by atoms with Crippen LogP contribution in [0.5, 0.6) is 0 Å². The summed E-state index contributed by atoms with van der Waals surface area (Å²) in [6.07, 6.45) is 2.33. The number of hydrogen-bond acceptors (Lipinski definition) is 3. The van der Waals surface area contributed by atoms with E-state index >= 15 is 0 Å². The number of likely N-dealkylation sites (tertiary alicyclic amines) is 1. The highest BCUT2D eigenvalue weighted by atomic mass is 16.3. The molecule has 2 unspecified atom stereocenters. The number of hydrogen-bond donors (Lipinski definition) is 2. The fourth-order valence-electron chi connectivity index (χ4n) is 2.89. The molecule has 1 aliphatic heterocycles. The third-order valence-corrected chi connectivity index (χ3v) is 4.34. The molecule has 0 aliphatic carbocycles. The van der Waals surface area contributed by atoms with Crippen LogP contribution in [0.3, 0.4) is 0 Å². The van der Waals surface area contributed by atoms with Gasteiger partial charge < -0.3 is 10.8 Å². The van der Waals surface area contributed by atoms with Crippen LogP contribution in [0.25, 0.3) is 0 Å². The number of nitrogens with zero attached hydrogens (tertiary/aromatic N) is 1. The largest absolute Gasteiger partial charge is 0.395 e. The first-order chi connectivity index (χ1) is 9.10. The van der Waals surface area contributed by atoms with Crippen molar-refractivity contribution in [1.82, 2.24) is 4.90 Å². The van der Waals surface area contributed by atoms with Gasteiger partial charge in [-0.25, -0.2) is 0 Å². The quantitative estimate of drug-likeness (QED) is 0.870. The highest BCUT2D eigenvalue weighted by Gasteiger charge is 2.24. The van der Waals surface area contributed by atoms with E-state index < -0.39 is 0 Å². The number of aliphatic hydroxyl groups excluding tert-OH is 1. The molecule has 0 aromatic heterocycles. The number of nitrogens with two attached hydrogens (primary N) is 1. The van der Waals surface area contributed by atoms with E-state index in [0.717, 1.165) is 26.1 Å². The first kappa shape index (κ1) is 14.5. The lowest BCUT2D eigenvalue weighted by atomic mass is 9.91. The summed E-state index contributed by atoms with van der Waals surface area (Å²) >= 11 is 0. The molecular weight excluding hydrogens is 236 g/mol. The third kappa shape index (κ3) is 3.78. The second-order valence-corrected chi connectivity index (χ2v) is 5.90. The first-order valence-corrected chi connectivity index (χ1v) is 7.25. The Balaban J connectivity index is 1.96. The van der Waals surface area contributed by atoms with Gasteiger partial charge in [-0.15, -0.1) is 0 Å². The van der Waals surface area contributed by atoms with Crippen molar-refractivity contribution in [2.24, 2.45) is 11.7 Å². The van der Waals surface area contributed by atoms with Crippen molar-refractivity contribution in [3.05, 3.63) is 34.9 Å². The normalized spacial score (nSPS) is 22.4. The highest BCUT2D eigenvalue weighted by molar-refractivity contribution is 5.29. The van der Waals surface area contributed by atoms with Crippen LogP contribution in [-0.2, 0) is 6.54 Å². The molecule has 106 valence electrons. The van der Waals surface area contributed by atoms with Crippen molar-refractivity contribution in [1.29, 1.82) is 0 Å².